The number of esters is 1. The van der Waals surface area contributed by atoms with E-state index in [9.17, 15) is 27.2 Å². The topological polar surface area (TPSA) is 131 Å². The third-order valence-corrected chi connectivity index (χ3v) is 6.19. The van der Waals surface area contributed by atoms with Crippen LogP contribution in [0, 0.1) is 5.82 Å². The van der Waals surface area contributed by atoms with Gasteiger partial charge in [0.25, 0.3) is 5.91 Å². The Balaban J connectivity index is 1.99. The van der Waals surface area contributed by atoms with E-state index in [0.29, 0.717) is 12.8 Å². The molecule has 0 spiro atoms. The van der Waals surface area contributed by atoms with E-state index in [-0.39, 0.29) is 31.8 Å². The zero-order chi connectivity index (χ0) is 22.1. The van der Waals surface area contributed by atoms with Crippen LogP contribution >= 0.6 is 0 Å². The lowest BCUT2D eigenvalue weighted by molar-refractivity contribution is -0.123. The Morgan fingerprint density at radius 2 is 1.87 bits per heavy atom. The first-order valence-corrected chi connectivity index (χ1v) is 10.7. The molecule has 1 aromatic carbocycles. The maximum atomic E-state index is 14.2. The third kappa shape index (κ3) is 6.47. The Kier molecular flexibility index (Phi) is 8.69. The highest BCUT2D eigenvalue weighted by molar-refractivity contribution is 7.89. The number of ether oxygens (including phenoxy) is 2. The molecule has 1 aliphatic rings. The fourth-order valence-electron chi connectivity index (χ4n) is 2.76. The number of methoxy groups -OCH3 is 1. The number of sulfonamides is 1. The second-order valence-electron chi connectivity index (χ2n) is 6.48. The van der Waals surface area contributed by atoms with Gasteiger partial charge in [0.1, 0.15) is 10.7 Å². The minimum atomic E-state index is -4.10. The van der Waals surface area contributed by atoms with Crippen molar-refractivity contribution in [3.8, 4) is 0 Å². The number of nitrogens with one attached hydrogen (secondary N) is 2. The molecule has 2 rings (SSSR count). The highest BCUT2D eigenvalue weighted by Gasteiger charge is 2.29. The van der Waals surface area contributed by atoms with Gasteiger partial charge in [0.2, 0.25) is 10.0 Å². The molecule has 0 saturated carbocycles. The molecule has 3 amide bonds. The molecule has 0 radical (unpaired) electrons. The highest BCUT2D eigenvalue weighted by Crippen LogP contribution is 2.24. The molecule has 1 aromatic rings. The Hall–Kier alpha value is -2.57. The van der Waals surface area contributed by atoms with Crippen molar-refractivity contribution >= 4 is 27.9 Å². The smallest absolute Gasteiger partial charge is 0.338 e. The molecule has 10 nitrogen and oxygen atoms in total. The van der Waals surface area contributed by atoms with E-state index in [1.165, 1.54) is 11.4 Å². The maximum Gasteiger partial charge on any atom is 0.338 e. The number of nitrogens with zero attached hydrogens (tertiary/aromatic N) is 1. The summed E-state index contributed by atoms with van der Waals surface area (Å²) in [7, 11) is -2.65. The normalized spacial score (nSPS) is 14.7. The van der Waals surface area contributed by atoms with Gasteiger partial charge in [-0.1, -0.05) is 6.42 Å². The predicted molar refractivity (Wildman–Crippen MR) is 103 cm³/mol. The summed E-state index contributed by atoms with van der Waals surface area (Å²) in [5.41, 5.74) is -0.232. The van der Waals surface area contributed by atoms with Crippen molar-refractivity contribution in [3.63, 3.8) is 0 Å². The molecule has 0 unspecified atom stereocenters. The third-order valence-electron chi connectivity index (χ3n) is 4.28. The lowest BCUT2D eigenvalue weighted by Gasteiger charge is -2.26. The Bertz CT molecular complexity index is 886. The molecule has 2 N–H and O–H groups in total. The van der Waals surface area contributed by atoms with Gasteiger partial charge in [-0.3, -0.25) is 10.1 Å². The number of piperidine rings is 1. The second kappa shape index (κ2) is 11.0. The molecular formula is C18H24FN3O7S. The highest BCUT2D eigenvalue weighted by atomic mass is 32.2. The molecule has 0 atom stereocenters. The van der Waals surface area contributed by atoms with E-state index in [4.69, 9.17) is 9.47 Å². The van der Waals surface area contributed by atoms with Gasteiger partial charge in [-0.15, -0.1) is 0 Å². The summed E-state index contributed by atoms with van der Waals surface area (Å²) < 4.78 is 50.3. The van der Waals surface area contributed by atoms with Crippen LogP contribution in [-0.4, -0.2) is 70.6 Å². The number of urea groups is 1. The standard InChI is InChI=1S/C18H24FN3O7S/c1-28-10-7-20-18(25)21-16(23)12-29-17(24)13-5-6-14(19)15(11-13)30(26,27)22-8-3-2-4-9-22/h5-6,11H,2-4,7-10,12H2,1H3,(H2,20,21,23,25). The van der Waals surface area contributed by atoms with Crippen LogP contribution in [-0.2, 0) is 24.3 Å². The summed E-state index contributed by atoms with van der Waals surface area (Å²) in [6, 6.07) is 2.01. The van der Waals surface area contributed by atoms with Crippen LogP contribution in [0.5, 0.6) is 0 Å². The molecule has 166 valence electrons. The minimum Gasteiger partial charge on any atom is -0.452 e. The summed E-state index contributed by atoms with van der Waals surface area (Å²) in [6.07, 6.45) is 2.25. The van der Waals surface area contributed by atoms with Crippen molar-refractivity contribution in [2.75, 3.05) is 40.0 Å². The van der Waals surface area contributed by atoms with E-state index in [0.717, 1.165) is 24.6 Å². The van der Waals surface area contributed by atoms with E-state index in [1.54, 1.807) is 0 Å². The quantitative estimate of drug-likeness (QED) is 0.443. The molecule has 30 heavy (non-hydrogen) atoms. The van der Waals surface area contributed by atoms with E-state index in [1.807, 2.05) is 5.32 Å². The van der Waals surface area contributed by atoms with Crippen LogP contribution in [0.3, 0.4) is 0 Å². The molecule has 1 heterocycles. The van der Waals surface area contributed by atoms with E-state index >= 15 is 0 Å². The SMILES string of the molecule is COCCNC(=O)NC(=O)COC(=O)c1ccc(F)c(S(=O)(=O)N2CCCCC2)c1. The average molecular weight is 445 g/mol. The van der Waals surface area contributed by atoms with Crippen LogP contribution in [0.4, 0.5) is 9.18 Å². The molecule has 1 fully saturated rings. The van der Waals surface area contributed by atoms with Crippen molar-refractivity contribution in [1.82, 2.24) is 14.9 Å². The maximum absolute atomic E-state index is 14.2. The predicted octanol–water partition coefficient (Wildman–Crippen LogP) is 0.629. The second-order valence-corrected chi connectivity index (χ2v) is 8.39. The lowest BCUT2D eigenvalue weighted by Crippen LogP contribution is -2.42. The van der Waals surface area contributed by atoms with Crippen molar-refractivity contribution in [2.24, 2.45) is 0 Å². The molecule has 0 aromatic heterocycles. The van der Waals surface area contributed by atoms with E-state index in [2.05, 4.69) is 5.32 Å². The van der Waals surface area contributed by atoms with Crippen LogP contribution in [0.15, 0.2) is 23.1 Å². The summed E-state index contributed by atoms with van der Waals surface area (Å²) in [5, 5.41) is 4.29. The van der Waals surface area contributed by atoms with Crippen molar-refractivity contribution in [2.45, 2.75) is 24.2 Å². The summed E-state index contributed by atoms with van der Waals surface area (Å²) in [4.78, 5) is 34.6. The molecule has 12 heteroatoms. The first-order valence-electron chi connectivity index (χ1n) is 9.29. The number of hydrogen-bond acceptors (Lipinski definition) is 7. The monoisotopic (exact) mass is 445 g/mol. The van der Waals surface area contributed by atoms with Crippen molar-refractivity contribution in [3.05, 3.63) is 29.6 Å². The molecule has 1 saturated heterocycles. The van der Waals surface area contributed by atoms with Gasteiger partial charge in [-0.25, -0.2) is 22.4 Å². The number of rotatable bonds is 8. The molecule has 1 aliphatic heterocycles. The number of carbonyl (C=O) groups is 3. The molecular weight excluding hydrogens is 421 g/mol. The van der Waals surface area contributed by atoms with Crippen LogP contribution in [0.2, 0.25) is 0 Å². The van der Waals surface area contributed by atoms with Crippen molar-refractivity contribution in [1.29, 1.82) is 0 Å². The number of halogens is 1. The number of benzene rings is 1. The average Bonchev–Trinajstić information content (AvgIpc) is 2.73. The first-order chi connectivity index (χ1) is 14.3. The first kappa shape index (κ1) is 23.7. The van der Waals surface area contributed by atoms with Gasteiger partial charge in [-0.05, 0) is 31.0 Å². The van der Waals surface area contributed by atoms with Crippen LogP contribution in [0.25, 0.3) is 0 Å². The van der Waals surface area contributed by atoms with Crippen LogP contribution < -0.4 is 10.6 Å². The Morgan fingerprint density at radius 1 is 1.17 bits per heavy atom. The Labute approximate surface area is 173 Å². The summed E-state index contributed by atoms with van der Waals surface area (Å²) in [5.74, 6) is -2.90. The van der Waals surface area contributed by atoms with E-state index < -0.39 is 45.3 Å². The molecule has 0 aliphatic carbocycles. The minimum absolute atomic E-state index is 0.180. The van der Waals surface area contributed by atoms with Gasteiger partial charge in [0.05, 0.1) is 12.2 Å². The zero-order valence-corrected chi connectivity index (χ0v) is 17.3. The summed E-state index contributed by atoms with van der Waals surface area (Å²) >= 11 is 0. The zero-order valence-electron chi connectivity index (χ0n) is 16.5. The lowest BCUT2D eigenvalue weighted by atomic mass is 10.2. The van der Waals surface area contributed by atoms with Gasteiger partial charge in [0, 0.05) is 26.7 Å². The number of carbonyl (C=O) groups excluding carboxylic acids is 3. The number of amides is 3. The molecule has 0 bridgehead atoms. The largest absolute Gasteiger partial charge is 0.452 e. The number of hydrogen-bond donors (Lipinski definition) is 2. The fourth-order valence-corrected chi connectivity index (χ4v) is 4.37. The van der Waals surface area contributed by atoms with Crippen LogP contribution in [0.1, 0.15) is 29.6 Å². The Morgan fingerprint density at radius 3 is 2.53 bits per heavy atom. The summed E-state index contributed by atoms with van der Waals surface area (Å²) in [6.45, 7) is 0.220. The van der Waals surface area contributed by atoms with Gasteiger partial charge >= 0.3 is 12.0 Å². The number of imide groups is 1. The van der Waals surface area contributed by atoms with Gasteiger partial charge in [-0.2, -0.15) is 4.31 Å². The van der Waals surface area contributed by atoms with Gasteiger partial charge in [0.15, 0.2) is 6.61 Å². The fraction of sp³-hybridized carbons (Fsp3) is 0.500. The van der Waals surface area contributed by atoms with Gasteiger partial charge < -0.3 is 14.8 Å². The van der Waals surface area contributed by atoms with Crippen molar-refractivity contribution < 1.29 is 36.7 Å².